The van der Waals surface area contributed by atoms with Crippen molar-refractivity contribution >= 4 is 210 Å². The number of carbonyl (C=O) groups excluding carboxylic acids is 3. The predicted molar refractivity (Wildman–Crippen MR) is 488 cm³/mol. The molecule has 622 valence electrons. The maximum Gasteiger partial charge on any atom is 0.488 e. The summed E-state index contributed by atoms with van der Waals surface area (Å²) in [5.74, 6) is -0.417. The summed E-state index contributed by atoms with van der Waals surface area (Å²) in [6, 6.07) is 38.7. The van der Waals surface area contributed by atoms with Crippen molar-refractivity contribution in [2.45, 2.75) is 139 Å². The lowest BCUT2D eigenvalue weighted by Crippen LogP contribution is -2.44. The van der Waals surface area contributed by atoms with Crippen LogP contribution in [0.4, 0.5) is 5.82 Å². The monoisotopic (exact) mass is 1870 g/mol. The first-order valence-corrected chi connectivity index (χ1v) is 43.8. The molecule has 2 N–H and O–H groups in total. The normalized spacial score (nSPS) is 13.4. The number of rotatable bonds is 19. The summed E-state index contributed by atoms with van der Waals surface area (Å²) in [5, 5.41) is 22.1. The second-order valence-corrected chi connectivity index (χ2v) is 37.9. The van der Waals surface area contributed by atoms with E-state index in [-0.39, 0.29) is 45.9 Å². The van der Waals surface area contributed by atoms with Gasteiger partial charge in [0.15, 0.2) is 22.2 Å². The maximum absolute atomic E-state index is 13.4. The average Bonchev–Trinajstić information content (AvgIpc) is 1.54. The van der Waals surface area contributed by atoms with Gasteiger partial charge in [-0.3, -0.25) is 0 Å². The zero-order chi connectivity index (χ0) is 86.2. The molecule has 1 aliphatic heterocycles. The third kappa shape index (κ3) is 24.4. The molecule has 0 bridgehead atoms. The van der Waals surface area contributed by atoms with E-state index in [1.807, 2.05) is 180 Å². The number of ether oxygens (including phenoxy) is 6. The first-order valence-electron chi connectivity index (χ1n) is 37.5. The average molecular weight is 1880 g/mol. The molecule has 1 aliphatic rings. The molecule has 0 spiro atoms. The van der Waals surface area contributed by atoms with Crippen molar-refractivity contribution in [2.75, 3.05) is 57.9 Å². The number of nitrogens with zero attached hydrogens (tertiary/aromatic N) is 8. The number of pyridine rings is 3. The Hall–Kier alpha value is -6.73. The first kappa shape index (κ1) is 93.5. The van der Waals surface area contributed by atoms with Crippen LogP contribution in [0.1, 0.15) is 135 Å². The van der Waals surface area contributed by atoms with Gasteiger partial charge in [0.05, 0.1) is 67.3 Å². The van der Waals surface area contributed by atoms with Gasteiger partial charge in [-0.15, -0.1) is 34.0 Å². The molecule has 6 aromatic heterocycles. The number of fused-ring (bicyclic) bond motifs is 3. The molecule has 7 heterocycles. The molecule has 6 aromatic carbocycles. The summed E-state index contributed by atoms with van der Waals surface area (Å²) >= 11 is 56.5. The molecule has 0 unspecified atom stereocenters. The minimum atomic E-state index is -1.56. The third-order valence-electron chi connectivity index (χ3n) is 17.8. The number of likely N-dealkylation sites (N-methyl/N-ethyl adjacent to an activating group) is 1. The molecule has 12 aromatic rings. The summed E-state index contributed by atoms with van der Waals surface area (Å²) in [7, 11) is 0.566. The van der Waals surface area contributed by atoms with Gasteiger partial charge in [-0.05, 0) is 257 Å². The molecule has 0 radical (unpaired) electrons. The molecular formula is C86H88BBrCl8N8O11S3. The lowest BCUT2D eigenvalue weighted by Gasteiger charge is -2.33. The van der Waals surface area contributed by atoms with E-state index in [1.54, 1.807) is 44.2 Å². The van der Waals surface area contributed by atoms with E-state index >= 15 is 0 Å². The quantitative estimate of drug-likeness (QED) is 0.0332. The van der Waals surface area contributed by atoms with E-state index in [4.69, 9.17) is 141 Å². The molecule has 1 fully saturated rings. The van der Waals surface area contributed by atoms with Gasteiger partial charge < -0.3 is 48.3 Å². The Morgan fingerprint density at radius 1 is 0.432 bits per heavy atom. The van der Waals surface area contributed by atoms with E-state index in [0.29, 0.717) is 20.2 Å². The van der Waals surface area contributed by atoms with Crippen molar-refractivity contribution in [3.8, 4) is 54.5 Å². The number of piperazine rings is 1. The van der Waals surface area contributed by atoms with E-state index in [0.717, 1.165) is 154 Å². The highest BCUT2D eigenvalue weighted by atomic mass is 79.9. The van der Waals surface area contributed by atoms with Crippen LogP contribution in [0.5, 0.6) is 0 Å². The minimum Gasteiger partial charge on any atom is -0.464 e. The van der Waals surface area contributed by atoms with Crippen LogP contribution in [0.2, 0.25) is 40.8 Å². The number of anilines is 1. The molecule has 32 heteroatoms. The van der Waals surface area contributed by atoms with E-state index in [2.05, 4.69) is 58.8 Å². The van der Waals surface area contributed by atoms with E-state index in [1.165, 1.54) is 34.8 Å². The topological polar surface area (TPSA) is 231 Å². The van der Waals surface area contributed by atoms with Crippen molar-refractivity contribution in [1.29, 1.82) is 0 Å². The number of esters is 3. The fourth-order valence-electron chi connectivity index (χ4n) is 13.0. The standard InChI is InChI=1S/C32H36Cl2N4O3S.C27H25Cl3N2O3S.C22H23BrClNO3S.C5H4BCl2NO2/c1-7-40-31(39)28(41-32(3,4)5)26-19(2)16-23-29(27(26)20-8-10-22(33)11-9-20)42-30(35-23)21-17-24(34)36-25(18-21)38-14-12-37(6)13-15-38;1-6-34-26(33)23(35-27(3,4)5)21-14(2)11-18-24(22(21)15-7-9-17(28)10-8-15)36-25(31-18)16-12-19(29)32-20(30)13-16;1-6-27-20(26)18(28-22(3,4)5)16-12(2)11-15-19(29-21(23)25-15)17(16)13-7-9-14(24)10-8-13;7-4-1-3(6(10)11)2-5(8)9-4/h8-11,16-18,28H,7,12-15H2,1-6H3;7-13,23H,6H2,1-5H3;7-11,18H,6H2,1-5H3;1-2,10-11H/t28-;23-;18-;/m000./s1. The third-order valence-corrected chi connectivity index (χ3v) is 23.3. The number of hydrogen-bond acceptors (Lipinski definition) is 22. The Bertz CT molecular complexity index is 5560. The Labute approximate surface area is 747 Å². The Balaban J connectivity index is 0.000000177. The molecule has 3 atom stereocenters. The van der Waals surface area contributed by atoms with E-state index in [9.17, 15) is 14.4 Å². The molecule has 118 heavy (non-hydrogen) atoms. The van der Waals surface area contributed by atoms with Crippen LogP contribution in [0.25, 0.3) is 85.2 Å². The van der Waals surface area contributed by atoms with Crippen LogP contribution in [-0.2, 0) is 42.8 Å². The first-order chi connectivity index (χ1) is 55.6. The summed E-state index contributed by atoms with van der Waals surface area (Å²) in [6.45, 7) is 33.1. The largest absolute Gasteiger partial charge is 0.488 e. The second-order valence-electron chi connectivity index (χ2n) is 30.4. The Morgan fingerprint density at radius 2 is 0.737 bits per heavy atom. The number of benzene rings is 6. The molecular weight excluding hydrogens is 1790 g/mol. The minimum absolute atomic E-state index is 0.139. The molecule has 0 saturated carbocycles. The van der Waals surface area contributed by atoms with Gasteiger partial charge in [-0.1, -0.05) is 129 Å². The van der Waals surface area contributed by atoms with Crippen LogP contribution < -0.4 is 10.4 Å². The molecule has 13 rings (SSSR count). The van der Waals surface area contributed by atoms with Crippen LogP contribution >= 0.6 is 143 Å². The predicted octanol–water partition coefficient (Wildman–Crippen LogP) is 23.7. The zero-order valence-corrected chi connectivity index (χ0v) is 77.7. The van der Waals surface area contributed by atoms with E-state index < -0.39 is 60.1 Å². The van der Waals surface area contributed by atoms with Crippen molar-refractivity contribution in [2.24, 2.45) is 0 Å². The highest BCUT2D eigenvalue weighted by molar-refractivity contribution is 9.11. The van der Waals surface area contributed by atoms with Gasteiger partial charge in [0.25, 0.3) is 0 Å². The van der Waals surface area contributed by atoms with Gasteiger partial charge in [0.2, 0.25) is 0 Å². The molecule has 0 amide bonds. The smallest absolute Gasteiger partial charge is 0.464 e. The molecule has 0 aliphatic carbocycles. The van der Waals surface area contributed by atoms with Crippen molar-refractivity contribution in [3.63, 3.8) is 0 Å². The highest BCUT2D eigenvalue weighted by Crippen LogP contribution is 2.49. The lowest BCUT2D eigenvalue weighted by atomic mass is 9.81. The van der Waals surface area contributed by atoms with Gasteiger partial charge in [0.1, 0.15) is 41.6 Å². The number of hydrogen-bond donors (Lipinski definition) is 2. The maximum atomic E-state index is 13.4. The van der Waals surface area contributed by atoms with Crippen molar-refractivity contribution in [3.05, 3.63) is 206 Å². The Kier molecular flexibility index (Phi) is 32.1. The fourth-order valence-corrected chi connectivity index (χ4v) is 18.3. The molecule has 19 nitrogen and oxygen atoms in total. The fraction of sp³-hybridized carbons (Fsp3) is 0.337. The van der Waals surface area contributed by atoms with Gasteiger partial charge in [-0.2, -0.15) is 0 Å². The summed E-state index contributed by atoms with van der Waals surface area (Å²) in [4.78, 5) is 71.0. The van der Waals surface area contributed by atoms with Gasteiger partial charge in [0, 0.05) is 85.8 Å². The second kappa shape index (κ2) is 40.5. The summed E-state index contributed by atoms with van der Waals surface area (Å²) in [6.07, 6.45) is -2.72. The highest BCUT2D eigenvalue weighted by Gasteiger charge is 2.38. The number of halogens is 9. The van der Waals surface area contributed by atoms with Crippen molar-refractivity contribution < 1.29 is 52.9 Å². The van der Waals surface area contributed by atoms with Crippen LogP contribution in [0.15, 0.2) is 131 Å². The number of aryl methyl sites for hydroxylation is 3. The van der Waals surface area contributed by atoms with Crippen LogP contribution in [0, 0.1) is 20.8 Å². The molecule has 1 saturated heterocycles. The number of carbonyl (C=O) groups is 3. The number of aromatic nitrogens is 6. The van der Waals surface area contributed by atoms with Gasteiger partial charge in [-0.25, -0.2) is 44.3 Å². The number of thiazole rings is 3. The summed E-state index contributed by atoms with van der Waals surface area (Å²) < 4.78 is 38.9. The summed E-state index contributed by atoms with van der Waals surface area (Å²) in [5.41, 5.74) is 13.0. The van der Waals surface area contributed by atoms with Crippen LogP contribution in [-0.4, -0.2) is 140 Å². The SMILES string of the molecule is CCOC(=O)[C@@H](OC(C)(C)C)c1c(C)cc2nc(-c3cc(Cl)nc(Cl)c3)sc2c1-c1ccc(Cl)cc1.CCOC(=O)[C@@H](OC(C)(C)C)c1c(C)cc2nc(-c3cc(Cl)nc(N4CCN(C)CC4)c3)sc2c1-c1ccc(Cl)cc1.CCOC(=O)[C@@H](OC(C)(C)C)c1c(C)cc2nc(Br)sc2c1-c1ccc(Cl)cc1.OB(O)c1cc(Cl)nc(Cl)c1. The van der Waals surface area contributed by atoms with Gasteiger partial charge >= 0.3 is 25.0 Å². The zero-order valence-electron chi connectivity index (χ0n) is 67.7. The van der Waals surface area contributed by atoms with Crippen LogP contribution in [0.3, 0.4) is 0 Å². The lowest BCUT2D eigenvalue weighted by molar-refractivity contribution is -0.167. The Morgan fingerprint density at radius 3 is 1.06 bits per heavy atom. The van der Waals surface area contributed by atoms with Crippen molar-refractivity contribution in [1.82, 2.24) is 34.8 Å².